The number of hydrogen-bond acceptors (Lipinski definition) is 7. The van der Waals surface area contributed by atoms with Crippen LogP contribution in [-0.4, -0.2) is 30.3 Å². The quantitative estimate of drug-likeness (QED) is 0.582. The summed E-state index contributed by atoms with van der Waals surface area (Å²) in [6, 6.07) is 6.66. The summed E-state index contributed by atoms with van der Waals surface area (Å²) in [4.78, 5) is 16.3. The zero-order valence-electron chi connectivity index (χ0n) is 15.7. The van der Waals surface area contributed by atoms with E-state index in [1.165, 1.54) is 14.2 Å². The predicted octanol–water partition coefficient (Wildman–Crippen LogP) is 3.19. The number of nitrogen functional groups attached to an aromatic ring is 1. The maximum atomic E-state index is 13.8. The molecule has 0 saturated carbocycles. The van der Waals surface area contributed by atoms with Crippen molar-refractivity contribution in [2.75, 3.05) is 25.3 Å². The Morgan fingerprint density at radius 2 is 1.83 bits per heavy atom. The fraction of sp³-hybridized carbons (Fsp3) is 0.211. The SMILES string of the molecule is COc1cc(OC)cc(-c2nc(CCC(=O)Nc3c(N)cc(F)cc3F)no2)c1. The first-order chi connectivity index (χ1) is 13.9. The molecule has 1 amide bonds. The molecule has 2 aromatic carbocycles. The van der Waals surface area contributed by atoms with Gasteiger partial charge in [-0.3, -0.25) is 4.79 Å². The van der Waals surface area contributed by atoms with Crippen molar-refractivity contribution < 1.29 is 27.6 Å². The van der Waals surface area contributed by atoms with Crippen LogP contribution in [0.5, 0.6) is 11.5 Å². The zero-order chi connectivity index (χ0) is 21.0. The summed E-state index contributed by atoms with van der Waals surface area (Å²) < 4.78 is 42.5. The number of nitrogens with zero attached hydrogens (tertiary/aromatic N) is 2. The molecule has 0 spiro atoms. The van der Waals surface area contributed by atoms with E-state index < -0.39 is 17.5 Å². The molecule has 8 nitrogen and oxygen atoms in total. The minimum atomic E-state index is -0.954. The van der Waals surface area contributed by atoms with Crippen LogP contribution in [0.25, 0.3) is 11.5 Å². The second-order valence-electron chi connectivity index (χ2n) is 6.02. The average molecular weight is 404 g/mol. The van der Waals surface area contributed by atoms with E-state index in [-0.39, 0.29) is 35.9 Å². The number of benzene rings is 2. The molecule has 3 aromatic rings. The Morgan fingerprint density at radius 1 is 1.14 bits per heavy atom. The molecule has 152 valence electrons. The number of ether oxygens (including phenoxy) is 2. The molecule has 1 aromatic heterocycles. The third-order valence-electron chi connectivity index (χ3n) is 3.99. The van der Waals surface area contributed by atoms with E-state index in [0.717, 1.165) is 6.07 Å². The van der Waals surface area contributed by atoms with Gasteiger partial charge >= 0.3 is 0 Å². The van der Waals surface area contributed by atoms with Crippen molar-refractivity contribution >= 4 is 17.3 Å². The number of nitrogens with one attached hydrogen (secondary N) is 1. The summed E-state index contributed by atoms with van der Waals surface area (Å²) in [6.45, 7) is 0. The monoisotopic (exact) mass is 404 g/mol. The van der Waals surface area contributed by atoms with Gasteiger partial charge in [0.25, 0.3) is 5.89 Å². The first-order valence-corrected chi connectivity index (χ1v) is 8.50. The molecule has 1 heterocycles. The van der Waals surface area contributed by atoms with Crippen molar-refractivity contribution in [3.05, 3.63) is 47.8 Å². The number of carbonyl (C=O) groups is 1. The van der Waals surface area contributed by atoms with Crippen LogP contribution in [0.15, 0.2) is 34.9 Å². The predicted molar refractivity (Wildman–Crippen MR) is 101 cm³/mol. The lowest BCUT2D eigenvalue weighted by molar-refractivity contribution is -0.116. The fourth-order valence-corrected chi connectivity index (χ4v) is 2.56. The first-order valence-electron chi connectivity index (χ1n) is 8.50. The number of methoxy groups -OCH3 is 2. The molecule has 10 heteroatoms. The second-order valence-corrected chi connectivity index (χ2v) is 6.02. The van der Waals surface area contributed by atoms with Crippen molar-refractivity contribution in [3.63, 3.8) is 0 Å². The number of nitrogens with two attached hydrogens (primary N) is 1. The van der Waals surface area contributed by atoms with E-state index in [1.54, 1.807) is 18.2 Å². The second kappa shape index (κ2) is 8.55. The highest BCUT2D eigenvalue weighted by Crippen LogP contribution is 2.29. The lowest BCUT2D eigenvalue weighted by atomic mass is 10.2. The molecule has 3 rings (SSSR count). The van der Waals surface area contributed by atoms with Crippen LogP contribution >= 0.6 is 0 Å². The largest absolute Gasteiger partial charge is 0.497 e. The van der Waals surface area contributed by atoms with Crippen LogP contribution in [0.3, 0.4) is 0 Å². The van der Waals surface area contributed by atoms with Gasteiger partial charge in [-0.1, -0.05) is 5.16 Å². The molecule has 0 aliphatic carbocycles. The van der Waals surface area contributed by atoms with E-state index in [9.17, 15) is 13.6 Å². The molecule has 0 atom stereocenters. The van der Waals surface area contributed by atoms with Gasteiger partial charge < -0.3 is 25.0 Å². The van der Waals surface area contributed by atoms with Crippen LogP contribution in [0.1, 0.15) is 12.2 Å². The number of halogens is 2. The van der Waals surface area contributed by atoms with Gasteiger partial charge in [-0.2, -0.15) is 4.98 Å². The average Bonchev–Trinajstić information content (AvgIpc) is 3.17. The smallest absolute Gasteiger partial charge is 0.258 e. The van der Waals surface area contributed by atoms with Crippen LogP contribution < -0.4 is 20.5 Å². The van der Waals surface area contributed by atoms with Gasteiger partial charge in [0, 0.05) is 30.5 Å². The number of aromatic nitrogens is 2. The fourth-order valence-electron chi connectivity index (χ4n) is 2.56. The van der Waals surface area contributed by atoms with Gasteiger partial charge in [-0.15, -0.1) is 0 Å². The summed E-state index contributed by atoms with van der Waals surface area (Å²) in [5.41, 5.74) is 5.65. The van der Waals surface area contributed by atoms with Gasteiger partial charge in [0.2, 0.25) is 5.91 Å². The topological polar surface area (TPSA) is 112 Å². The number of amides is 1. The summed E-state index contributed by atoms with van der Waals surface area (Å²) in [5, 5.41) is 6.15. The van der Waals surface area contributed by atoms with E-state index >= 15 is 0 Å². The Hall–Kier alpha value is -3.69. The van der Waals surface area contributed by atoms with Gasteiger partial charge in [0.15, 0.2) is 11.6 Å². The Morgan fingerprint density at radius 3 is 2.45 bits per heavy atom. The minimum absolute atomic E-state index is 0.0589. The molecule has 0 unspecified atom stereocenters. The van der Waals surface area contributed by atoms with Gasteiger partial charge in [-0.05, 0) is 18.2 Å². The van der Waals surface area contributed by atoms with Gasteiger partial charge in [-0.25, -0.2) is 8.78 Å². The highest BCUT2D eigenvalue weighted by molar-refractivity contribution is 5.94. The minimum Gasteiger partial charge on any atom is -0.497 e. The molecule has 29 heavy (non-hydrogen) atoms. The molecule has 0 bridgehead atoms. The van der Waals surface area contributed by atoms with Crippen molar-refractivity contribution in [1.29, 1.82) is 0 Å². The summed E-state index contributed by atoms with van der Waals surface area (Å²) in [5.74, 6) is -0.696. The molecule has 3 N–H and O–H groups in total. The van der Waals surface area contributed by atoms with Crippen molar-refractivity contribution in [1.82, 2.24) is 10.1 Å². The van der Waals surface area contributed by atoms with Crippen molar-refractivity contribution in [2.45, 2.75) is 12.8 Å². The number of aryl methyl sites for hydroxylation is 1. The van der Waals surface area contributed by atoms with Crippen LogP contribution in [0, 0.1) is 11.6 Å². The van der Waals surface area contributed by atoms with Crippen LogP contribution in [0.4, 0.5) is 20.2 Å². The van der Waals surface area contributed by atoms with Gasteiger partial charge in [0.05, 0.1) is 19.9 Å². The molecule has 0 aliphatic heterocycles. The summed E-state index contributed by atoms with van der Waals surface area (Å²) in [7, 11) is 3.04. The number of hydrogen-bond donors (Lipinski definition) is 2. The maximum absolute atomic E-state index is 13.8. The van der Waals surface area contributed by atoms with Crippen LogP contribution in [0.2, 0.25) is 0 Å². The first kappa shape index (κ1) is 20.1. The summed E-state index contributed by atoms with van der Waals surface area (Å²) in [6.07, 6.45) is 0.0792. The number of carbonyl (C=O) groups excluding carboxylic acids is 1. The molecule has 0 radical (unpaired) electrons. The molecular formula is C19H18F2N4O4. The number of rotatable bonds is 7. The molecule has 0 saturated heterocycles. The third kappa shape index (κ3) is 4.78. The van der Waals surface area contributed by atoms with E-state index in [1.807, 2.05) is 0 Å². The molecular weight excluding hydrogens is 386 g/mol. The normalized spacial score (nSPS) is 10.6. The molecule has 0 aliphatic rings. The Balaban J connectivity index is 1.66. The number of anilines is 2. The zero-order valence-corrected chi connectivity index (χ0v) is 15.7. The highest BCUT2D eigenvalue weighted by atomic mass is 19.1. The standard InChI is InChI=1S/C19H18F2N4O4/c1-27-12-5-10(6-13(9-12)28-2)19-23-16(25-29-19)3-4-17(26)24-18-14(21)7-11(20)8-15(18)22/h5-9H,3-4,22H2,1-2H3,(H,24,26). The Labute approximate surface area is 164 Å². The lowest BCUT2D eigenvalue weighted by Crippen LogP contribution is -2.15. The molecule has 0 fully saturated rings. The Bertz CT molecular complexity index is 994. The van der Waals surface area contributed by atoms with Crippen molar-refractivity contribution in [3.8, 4) is 23.0 Å². The maximum Gasteiger partial charge on any atom is 0.258 e. The highest BCUT2D eigenvalue weighted by Gasteiger charge is 2.15. The van der Waals surface area contributed by atoms with E-state index in [4.69, 9.17) is 19.7 Å². The summed E-state index contributed by atoms with van der Waals surface area (Å²) >= 11 is 0. The van der Waals surface area contributed by atoms with Crippen molar-refractivity contribution in [2.24, 2.45) is 0 Å². The Kier molecular flexibility index (Phi) is 5.91. The van der Waals surface area contributed by atoms with Crippen LogP contribution in [-0.2, 0) is 11.2 Å². The lowest BCUT2D eigenvalue weighted by Gasteiger charge is -2.09. The third-order valence-corrected chi connectivity index (χ3v) is 3.99. The van der Waals surface area contributed by atoms with E-state index in [0.29, 0.717) is 23.1 Å². The van der Waals surface area contributed by atoms with E-state index in [2.05, 4.69) is 15.5 Å². The van der Waals surface area contributed by atoms with Gasteiger partial charge in [0.1, 0.15) is 23.0 Å².